The lowest BCUT2D eigenvalue weighted by Gasteiger charge is -2.05. The van der Waals surface area contributed by atoms with Crippen LogP contribution in [-0.4, -0.2) is 22.1 Å². The van der Waals surface area contributed by atoms with Crippen molar-refractivity contribution < 1.29 is 9.13 Å². The number of nitrogens with zero attached hydrogens (tertiary/aromatic N) is 3. The maximum absolute atomic E-state index is 13.0. The summed E-state index contributed by atoms with van der Waals surface area (Å²) >= 11 is 1.18. The molecule has 0 atom stereocenters. The van der Waals surface area contributed by atoms with E-state index >= 15 is 0 Å². The average Bonchev–Trinajstić information content (AvgIpc) is 2.38. The Hall–Kier alpha value is -1.93. The third kappa shape index (κ3) is 3.05. The molecule has 18 heavy (non-hydrogen) atoms. The van der Waals surface area contributed by atoms with Gasteiger partial charge in [0.2, 0.25) is 11.1 Å². The first kappa shape index (κ1) is 12.5. The summed E-state index contributed by atoms with van der Waals surface area (Å²) in [6.45, 7) is 0. The molecule has 0 saturated heterocycles. The van der Waals surface area contributed by atoms with Gasteiger partial charge in [-0.2, -0.15) is 15.0 Å². The van der Waals surface area contributed by atoms with Crippen molar-refractivity contribution in [1.29, 1.82) is 0 Å². The van der Waals surface area contributed by atoms with Crippen LogP contribution in [0.2, 0.25) is 0 Å². The summed E-state index contributed by atoms with van der Waals surface area (Å²) in [6, 6.07) is 6.25. The van der Waals surface area contributed by atoms with E-state index in [1.807, 2.05) is 0 Å². The quantitative estimate of drug-likeness (QED) is 0.640. The van der Waals surface area contributed by atoms with E-state index in [2.05, 4.69) is 20.4 Å². The van der Waals surface area contributed by atoms with Crippen molar-refractivity contribution in [2.45, 2.75) is 10.1 Å². The highest BCUT2D eigenvalue weighted by molar-refractivity contribution is 7.99. The van der Waals surface area contributed by atoms with Gasteiger partial charge in [0.1, 0.15) is 5.82 Å². The van der Waals surface area contributed by atoms with Crippen LogP contribution < -0.4 is 16.0 Å². The van der Waals surface area contributed by atoms with E-state index in [1.54, 1.807) is 12.1 Å². The van der Waals surface area contributed by atoms with Gasteiger partial charge in [0, 0.05) is 4.90 Å². The first-order valence-corrected chi connectivity index (χ1v) is 5.73. The predicted octanol–water partition coefficient (Wildman–Crippen LogP) is 1.46. The monoisotopic (exact) mass is 267 g/mol. The maximum atomic E-state index is 13.0. The van der Waals surface area contributed by atoms with Crippen LogP contribution in [0.5, 0.6) is 6.01 Å². The number of nitrogen functional groups attached to an aromatic ring is 1. The largest absolute Gasteiger partial charge is 0.467 e. The van der Waals surface area contributed by atoms with Gasteiger partial charge in [-0.05, 0) is 30.0 Å². The Morgan fingerprint density at radius 3 is 2.83 bits per heavy atom. The second kappa shape index (κ2) is 5.61. The SMILES string of the molecule is COc1nc(NN)nc(Sc2cccc(F)c2)n1. The van der Waals surface area contributed by atoms with Crippen molar-refractivity contribution in [1.82, 2.24) is 15.0 Å². The summed E-state index contributed by atoms with van der Waals surface area (Å²) in [6.07, 6.45) is 0. The van der Waals surface area contributed by atoms with E-state index in [-0.39, 0.29) is 17.8 Å². The Labute approximate surface area is 107 Å². The summed E-state index contributed by atoms with van der Waals surface area (Å²) in [7, 11) is 1.44. The minimum atomic E-state index is -0.321. The first-order chi connectivity index (χ1) is 8.71. The van der Waals surface area contributed by atoms with Crippen LogP contribution in [0.1, 0.15) is 0 Å². The number of aromatic nitrogens is 3. The number of anilines is 1. The Morgan fingerprint density at radius 2 is 2.17 bits per heavy atom. The molecule has 0 radical (unpaired) electrons. The Morgan fingerprint density at radius 1 is 1.33 bits per heavy atom. The molecule has 0 aliphatic carbocycles. The number of benzene rings is 1. The van der Waals surface area contributed by atoms with Crippen molar-refractivity contribution in [2.24, 2.45) is 5.84 Å². The number of rotatable bonds is 4. The lowest BCUT2D eigenvalue weighted by atomic mass is 10.4. The van der Waals surface area contributed by atoms with Crippen LogP contribution in [0, 0.1) is 5.82 Å². The number of methoxy groups -OCH3 is 1. The standard InChI is InChI=1S/C10H10FN5OS/c1-17-9-13-8(16-12)14-10(15-9)18-7-4-2-3-6(11)5-7/h2-5H,12H2,1H3,(H,13,14,15,16). The minimum absolute atomic E-state index is 0.136. The van der Waals surface area contributed by atoms with Gasteiger partial charge < -0.3 is 4.74 Å². The molecule has 1 aromatic heterocycles. The lowest BCUT2D eigenvalue weighted by molar-refractivity contribution is 0.373. The summed E-state index contributed by atoms with van der Waals surface area (Å²) in [5.74, 6) is 5.09. The molecular formula is C10H10FN5OS. The molecule has 6 nitrogen and oxygen atoms in total. The molecule has 0 bridgehead atoms. The van der Waals surface area contributed by atoms with Crippen molar-refractivity contribution in [2.75, 3.05) is 12.5 Å². The van der Waals surface area contributed by atoms with Crippen molar-refractivity contribution >= 4 is 17.7 Å². The molecule has 0 aliphatic heterocycles. The molecule has 3 N–H and O–H groups in total. The van der Waals surface area contributed by atoms with E-state index in [9.17, 15) is 4.39 Å². The Bertz CT molecular complexity index is 531. The molecular weight excluding hydrogens is 257 g/mol. The zero-order valence-corrected chi connectivity index (χ0v) is 10.2. The topological polar surface area (TPSA) is 86.0 Å². The molecule has 0 amide bonds. The molecule has 0 fully saturated rings. The molecule has 0 spiro atoms. The van der Waals surface area contributed by atoms with Crippen LogP contribution in [0.3, 0.4) is 0 Å². The molecule has 0 aliphatic rings. The molecule has 0 saturated carbocycles. The average molecular weight is 267 g/mol. The van der Waals surface area contributed by atoms with Gasteiger partial charge in [-0.15, -0.1) is 0 Å². The maximum Gasteiger partial charge on any atom is 0.322 e. The molecule has 0 unspecified atom stereocenters. The fraction of sp³-hybridized carbons (Fsp3) is 0.100. The minimum Gasteiger partial charge on any atom is -0.467 e. The first-order valence-electron chi connectivity index (χ1n) is 4.91. The second-order valence-corrected chi connectivity index (χ2v) is 4.17. The van der Waals surface area contributed by atoms with Crippen LogP contribution >= 0.6 is 11.8 Å². The van der Waals surface area contributed by atoms with E-state index in [0.717, 1.165) is 0 Å². The van der Waals surface area contributed by atoms with E-state index in [4.69, 9.17) is 10.6 Å². The van der Waals surface area contributed by atoms with Crippen molar-refractivity contribution in [3.05, 3.63) is 30.1 Å². The highest BCUT2D eigenvalue weighted by Crippen LogP contribution is 2.26. The summed E-state index contributed by atoms with van der Waals surface area (Å²) in [5.41, 5.74) is 2.31. The van der Waals surface area contributed by atoms with Crippen molar-refractivity contribution in [3.8, 4) is 6.01 Å². The number of ether oxygens (including phenoxy) is 1. The Balaban J connectivity index is 2.28. The van der Waals surface area contributed by atoms with Crippen LogP contribution in [0.25, 0.3) is 0 Å². The number of hydrogen-bond donors (Lipinski definition) is 2. The highest BCUT2D eigenvalue weighted by Gasteiger charge is 2.08. The fourth-order valence-corrected chi connectivity index (χ4v) is 1.96. The van der Waals surface area contributed by atoms with Gasteiger partial charge in [0.25, 0.3) is 0 Å². The van der Waals surface area contributed by atoms with Gasteiger partial charge in [-0.25, -0.2) is 10.2 Å². The normalized spacial score (nSPS) is 10.2. The van der Waals surface area contributed by atoms with E-state index in [0.29, 0.717) is 10.1 Å². The summed E-state index contributed by atoms with van der Waals surface area (Å²) < 4.78 is 18.0. The third-order valence-corrected chi connectivity index (χ3v) is 2.77. The number of hydrazine groups is 1. The van der Waals surface area contributed by atoms with E-state index in [1.165, 1.54) is 31.0 Å². The van der Waals surface area contributed by atoms with Gasteiger partial charge in [-0.1, -0.05) is 6.07 Å². The zero-order chi connectivity index (χ0) is 13.0. The molecule has 1 heterocycles. The highest BCUT2D eigenvalue weighted by atomic mass is 32.2. The molecule has 8 heteroatoms. The van der Waals surface area contributed by atoms with Crippen LogP contribution in [0.4, 0.5) is 10.3 Å². The van der Waals surface area contributed by atoms with Crippen LogP contribution in [0.15, 0.2) is 34.3 Å². The third-order valence-electron chi connectivity index (χ3n) is 1.91. The number of hydrogen-bond acceptors (Lipinski definition) is 7. The van der Waals surface area contributed by atoms with Gasteiger partial charge in [0.05, 0.1) is 7.11 Å². The Kier molecular flexibility index (Phi) is 3.90. The van der Waals surface area contributed by atoms with Crippen LogP contribution in [-0.2, 0) is 0 Å². The van der Waals surface area contributed by atoms with Gasteiger partial charge >= 0.3 is 6.01 Å². The van der Waals surface area contributed by atoms with E-state index < -0.39 is 0 Å². The molecule has 1 aromatic carbocycles. The van der Waals surface area contributed by atoms with Crippen molar-refractivity contribution in [3.63, 3.8) is 0 Å². The lowest BCUT2D eigenvalue weighted by Crippen LogP contribution is -2.12. The molecule has 2 rings (SSSR count). The van der Waals surface area contributed by atoms with Gasteiger partial charge in [0.15, 0.2) is 0 Å². The summed E-state index contributed by atoms with van der Waals surface area (Å²) in [5, 5.41) is 0.361. The number of nitrogens with two attached hydrogens (primary N) is 1. The molecule has 2 aromatic rings. The second-order valence-electron chi connectivity index (χ2n) is 3.13. The number of halogens is 1. The summed E-state index contributed by atoms with van der Waals surface area (Å²) in [4.78, 5) is 12.6. The zero-order valence-electron chi connectivity index (χ0n) is 9.42. The smallest absolute Gasteiger partial charge is 0.322 e. The van der Waals surface area contributed by atoms with Gasteiger partial charge in [-0.3, -0.25) is 5.43 Å². The fourth-order valence-electron chi connectivity index (χ4n) is 1.18. The predicted molar refractivity (Wildman–Crippen MR) is 64.7 cm³/mol. The molecule has 94 valence electrons. The number of nitrogens with one attached hydrogen (secondary N) is 1.